The molecule has 2 aromatic rings. The summed E-state index contributed by atoms with van der Waals surface area (Å²) in [5.41, 5.74) is -1.45. The fraction of sp³-hybridized carbons (Fsp3) is 0.333. The molecule has 0 radical (unpaired) electrons. The third-order valence-electron chi connectivity index (χ3n) is 5.41. The van der Waals surface area contributed by atoms with Gasteiger partial charge in [-0.25, -0.2) is 0 Å². The summed E-state index contributed by atoms with van der Waals surface area (Å²) >= 11 is 19.6. The second kappa shape index (κ2) is 8.63. The molecule has 1 fully saturated rings. The number of carbonyl (C=O) groups is 1. The molecule has 1 atom stereocenters. The lowest BCUT2D eigenvalue weighted by Gasteiger charge is -2.30. The van der Waals surface area contributed by atoms with Crippen LogP contribution in [0.15, 0.2) is 35.5 Å². The molecule has 2 aliphatic rings. The van der Waals surface area contributed by atoms with Gasteiger partial charge < -0.3 is 10.2 Å². The molecule has 11 heteroatoms. The van der Waals surface area contributed by atoms with Crippen LogP contribution in [-0.2, 0) is 10.4 Å². The van der Waals surface area contributed by atoms with Crippen LogP contribution in [0.4, 0.5) is 13.2 Å². The number of nitrogens with one attached hydrogen (secondary N) is 1. The molecule has 1 saturated heterocycles. The van der Waals surface area contributed by atoms with E-state index in [1.165, 1.54) is 0 Å². The van der Waals surface area contributed by atoms with Crippen LogP contribution < -0.4 is 5.32 Å². The van der Waals surface area contributed by atoms with E-state index in [2.05, 4.69) is 10.5 Å². The highest BCUT2D eigenvalue weighted by Crippen LogP contribution is 2.50. The molecule has 170 valence electrons. The first-order valence-electron chi connectivity index (χ1n) is 9.48. The summed E-state index contributed by atoms with van der Waals surface area (Å²) in [7, 11) is 0. The van der Waals surface area contributed by atoms with E-state index < -0.39 is 18.2 Å². The quantitative estimate of drug-likeness (QED) is 0.473. The minimum atomic E-state index is -4.81. The molecule has 32 heavy (non-hydrogen) atoms. The van der Waals surface area contributed by atoms with Gasteiger partial charge in [0.25, 0.3) is 11.5 Å². The van der Waals surface area contributed by atoms with Gasteiger partial charge in [-0.2, -0.15) is 24.9 Å². The molecule has 1 N–H and O–H groups in total. The van der Waals surface area contributed by atoms with Crippen LogP contribution in [0.1, 0.15) is 33.5 Å². The Bertz CT molecular complexity index is 1100. The zero-order valence-electron chi connectivity index (χ0n) is 16.5. The molecule has 0 aliphatic carbocycles. The topological polar surface area (TPSA) is 50.7 Å². The monoisotopic (exact) mass is 522 g/mol. The van der Waals surface area contributed by atoms with E-state index in [0.717, 1.165) is 23.6 Å². The van der Waals surface area contributed by atoms with Gasteiger partial charge in [-0.05, 0) is 42.3 Å². The Balaban J connectivity index is 1.62. The van der Waals surface area contributed by atoms with Crippen LogP contribution in [0.25, 0.3) is 0 Å². The molecule has 0 bridgehead atoms. The Hall–Kier alpha value is -1.61. The average Bonchev–Trinajstić information content (AvgIpc) is 3.15. The maximum absolute atomic E-state index is 14.2. The van der Waals surface area contributed by atoms with Crippen LogP contribution in [0, 0.1) is 6.92 Å². The molecule has 1 amide bonds. The zero-order valence-corrected chi connectivity index (χ0v) is 19.6. The van der Waals surface area contributed by atoms with E-state index in [0.29, 0.717) is 16.7 Å². The summed E-state index contributed by atoms with van der Waals surface area (Å²) in [6.07, 6.45) is -5.40. The van der Waals surface area contributed by atoms with Crippen molar-refractivity contribution < 1.29 is 22.8 Å². The van der Waals surface area contributed by atoms with Gasteiger partial charge in [0, 0.05) is 35.1 Å². The summed E-state index contributed by atoms with van der Waals surface area (Å²) in [5.74, 6) is 1.53. The lowest BCUT2D eigenvalue weighted by molar-refractivity contribution is -0.275. The van der Waals surface area contributed by atoms with Crippen molar-refractivity contribution in [3.63, 3.8) is 0 Å². The van der Waals surface area contributed by atoms with Gasteiger partial charge in [0.05, 0.1) is 20.8 Å². The molecule has 0 spiro atoms. The van der Waals surface area contributed by atoms with Crippen molar-refractivity contribution in [3.05, 3.63) is 67.7 Å². The van der Waals surface area contributed by atoms with Crippen molar-refractivity contribution in [2.75, 3.05) is 11.5 Å². The largest absolute Gasteiger partial charge is 0.435 e. The van der Waals surface area contributed by atoms with Crippen LogP contribution in [0.2, 0.25) is 15.1 Å². The van der Waals surface area contributed by atoms with E-state index in [-0.39, 0.29) is 38.3 Å². The lowest BCUT2D eigenvalue weighted by Crippen LogP contribution is -2.44. The fourth-order valence-electron chi connectivity index (χ4n) is 3.53. The van der Waals surface area contributed by atoms with Gasteiger partial charge in [-0.1, -0.05) is 46.0 Å². The Kier molecular flexibility index (Phi) is 6.35. The highest BCUT2D eigenvalue weighted by molar-refractivity contribution is 8.00. The van der Waals surface area contributed by atoms with Gasteiger partial charge in [-0.15, -0.1) is 0 Å². The first kappa shape index (κ1) is 23.5. The highest BCUT2D eigenvalue weighted by atomic mass is 35.5. The molecular formula is C21H16Cl3F3N2O2S. The first-order chi connectivity index (χ1) is 15.0. The highest BCUT2D eigenvalue weighted by Gasteiger charge is 2.62. The van der Waals surface area contributed by atoms with Crippen LogP contribution in [0.3, 0.4) is 0 Å². The Morgan fingerprint density at radius 1 is 1.19 bits per heavy atom. The Morgan fingerprint density at radius 2 is 1.84 bits per heavy atom. The van der Waals surface area contributed by atoms with Gasteiger partial charge in [0.1, 0.15) is 0 Å². The zero-order chi connectivity index (χ0) is 23.3. The number of alkyl halides is 3. The summed E-state index contributed by atoms with van der Waals surface area (Å²) in [6.45, 7) is 1.72. The molecule has 0 unspecified atom stereocenters. The average molecular weight is 524 g/mol. The van der Waals surface area contributed by atoms with Gasteiger partial charge in [-0.3, -0.25) is 4.79 Å². The van der Waals surface area contributed by atoms with Crippen LogP contribution in [-0.4, -0.2) is 35.3 Å². The van der Waals surface area contributed by atoms with Crippen molar-refractivity contribution in [3.8, 4) is 0 Å². The summed E-state index contributed by atoms with van der Waals surface area (Å²) in [4.78, 5) is 17.5. The summed E-state index contributed by atoms with van der Waals surface area (Å²) < 4.78 is 42.6. The molecular weight excluding hydrogens is 508 g/mol. The maximum Gasteiger partial charge on any atom is 0.435 e. The molecule has 4 nitrogen and oxygen atoms in total. The van der Waals surface area contributed by atoms with Crippen LogP contribution in [0.5, 0.6) is 0 Å². The number of oxime groups is 1. The Morgan fingerprint density at radius 3 is 2.38 bits per heavy atom. The summed E-state index contributed by atoms with van der Waals surface area (Å²) in [5, 5.41) is 6.40. The lowest BCUT2D eigenvalue weighted by atomic mass is 9.86. The second-order valence-electron chi connectivity index (χ2n) is 7.62. The molecule has 4 rings (SSSR count). The molecule has 0 saturated carbocycles. The molecule has 0 aromatic heterocycles. The minimum absolute atomic E-state index is 0.0430. The second-order valence-corrected chi connectivity index (χ2v) is 9.89. The van der Waals surface area contributed by atoms with Crippen molar-refractivity contribution >= 4 is 58.2 Å². The smallest absolute Gasteiger partial charge is 0.374 e. The number of nitrogens with zero attached hydrogens (tertiary/aromatic N) is 1. The normalized spacial score (nSPS) is 21.0. The number of amides is 1. The van der Waals surface area contributed by atoms with Crippen molar-refractivity contribution in [2.45, 2.75) is 31.2 Å². The maximum atomic E-state index is 14.2. The molecule has 2 aromatic carbocycles. The number of hydrogen-bond acceptors (Lipinski definition) is 4. The predicted octanol–water partition coefficient (Wildman–Crippen LogP) is 6.38. The van der Waals surface area contributed by atoms with Crippen molar-refractivity contribution in [1.82, 2.24) is 5.32 Å². The number of benzene rings is 2. The van der Waals surface area contributed by atoms with E-state index in [4.69, 9.17) is 39.6 Å². The number of hydrogen-bond donors (Lipinski definition) is 1. The van der Waals surface area contributed by atoms with Gasteiger partial charge in [0.2, 0.25) is 0 Å². The predicted molar refractivity (Wildman–Crippen MR) is 121 cm³/mol. The van der Waals surface area contributed by atoms with Crippen molar-refractivity contribution in [2.24, 2.45) is 5.16 Å². The van der Waals surface area contributed by atoms with E-state index in [9.17, 15) is 18.0 Å². The first-order valence-corrected chi connectivity index (χ1v) is 11.8. The fourth-order valence-corrected chi connectivity index (χ4v) is 4.76. The third kappa shape index (κ3) is 4.18. The number of thioether (sulfide) groups is 1. The number of carbonyl (C=O) groups excluding carboxylic acids is 1. The van der Waals surface area contributed by atoms with E-state index in [1.54, 1.807) is 36.9 Å². The number of halogens is 6. The van der Waals surface area contributed by atoms with Crippen molar-refractivity contribution in [1.29, 1.82) is 0 Å². The van der Waals surface area contributed by atoms with E-state index >= 15 is 0 Å². The third-order valence-corrected chi connectivity index (χ3v) is 7.89. The van der Waals surface area contributed by atoms with E-state index in [1.807, 2.05) is 0 Å². The number of aryl methyl sites for hydroxylation is 1. The Labute approximate surface area is 201 Å². The number of rotatable bonds is 4. The molecule has 2 heterocycles. The molecule has 2 aliphatic heterocycles. The van der Waals surface area contributed by atoms with Gasteiger partial charge in [0.15, 0.2) is 0 Å². The van der Waals surface area contributed by atoms with Gasteiger partial charge >= 0.3 is 6.18 Å². The van der Waals surface area contributed by atoms with Crippen LogP contribution >= 0.6 is 46.6 Å². The minimum Gasteiger partial charge on any atom is -0.374 e. The summed E-state index contributed by atoms with van der Waals surface area (Å²) in [6, 6.07) is 7.08. The SMILES string of the molecule is Cc1cc(C2=NO[C@@](c3cc(Cl)c(Cl)c(Cl)c3)(C(F)(F)F)C2)ccc1C(=O)NC1CSC1. The standard InChI is InChI=1S/C21H16Cl3F3N2O2S/c1-10-4-11(2-3-14(10)19(30)28-13-8-32-9-13)17-7-20(31-29-17,21(25,26)27)12-5-15(22)18(24)16(23)6-12/h2-6,13H,7-9H2,1H3,(H,28,30)/t20-/m0/s1.